The van der Waals surface area contributed by atoms with Crippen molar-refractivity contribution < 1.29 is 14.6 Å². The number of anilines is 1. The molecule has 0 saturated carbocycles. The van der Waals surface area contributed by atoms with Gasteiger partial charge in [-0.2, -0.15) is 0 Å². The van der Waals surface area contributed by atoms with Crippen LogP contribution in [0.2, 0.25) is 5.02 Å². The van der Waals surface area contributed by atoms with E-state index in [2.05, 4.69) is 59.8 Å². The predicted molar refractivity (Wildman–Crippen MR) is 168 cm³/mol. The van der Waals surface area contributed by atoms with Crippen molar-refractivity contribution in [2.45, 2.75) is 45.7 Å². The van der Waals surface area contributed by atoms with E-state index in [-0.39, 0.29) is 12.0 Å². The molecule has 2 aromatic heterocycles. The van der Waals surface area contributed by atoms with Crippen molar-refractivity contribution in [3.63, 3.8) is 0 Å². The van der Waals surface area contributed by atoms with Crippen LogP contribution in [0.3, 0.4) is 0 Å². The number of rotatable bonds is 9. The number of methoxy groups -OCH3 is 1. The van der Waals surface area contributed by atoms with Gasteiger partial charge >= 0.3 is 5.97 Å². The molecule has 2 N–H and O–H groups in total. The van der Waals surface area contributed by atoms with Crippen molar-refractivity contribution in [1.29, 1.82) is 0 Å². The van der Waals surface area contributed by atoms with E-state index < -0.39 is 5.97 Å². The van der Waals surface area contributed by atoms with E-state index in [4.69, 9.17) is 21.3 Å². The summed E-state index contributed by atoms with van der Waals surface area (Å²) in [7, 11) is 5.77. The predicted octanol–water partition coefficient (Wildman–Crippen LogP) is 7.83. The number of nitrogens with one attached hydrogen (secondary N) is 1. The largest absolute Gasteiger partial charge is 0.496 e. The zero-order valence-electron chi connectivity index (χ0n) is 24.0. The van der Waals surface area contributed by atoms with Crippen LogP contribution in [0.5, 0.6) is 5.75 Å². The Morgan fingerprint density at radius 3 is 2.76 bits per heavy atom. The van der Waals surface area contributed by atoms with Gasteiger partial charge in [0.25, 0.3) is 0 Å². The Hall–Kier alpha value is -3.46. The van der Waals surface area contributed by atoms with Crippen molar-refractivity contribution in [1.82, 2.24) is 14.9 Å². The molecule has 41 heavy (non-hydrogen) atoms. The summed E-state index contributed by atoms with van der Waals surface area (Å²) in [6.45, 7) is 4.82. The van der Waals surface area contributed by atoms with Crippen molar-refractivity contribution >= 4 is 51.2 Å². The zero-order valence-corrected chi connectivity index (χ0v) is 25.6. The molecule has 2 heterocycles. The van der Waals surface area contributed by atoms with Crippen LogP contribution in [-0.4, -0.2) is 47.1 Å². The number of carboxylic acid groups (broad SMARTS) is 1. The van der Waals surface area contributed by atoms with Crippen molar-refractivity contribution in [2.75, 3.05) is 26.5 Å². The molecule has 0 saturated heterocycles. The topological polar surface area (TPSA) is 87.6 Å². The first-order valence-electron chi connectivity index (χ1n) is 13.7. The van der Waals surface area contributed by atoms with E-state index in [1.165, 1.54) is 10.4 Å². The summed E-state index contributed by atoms with van der Waals surface area (Å²) in [6.07, 6.45) is 3.84. The molecule has 1 unspecified atom stereocenters. The fourth-order valence-electron chi connectivity index (χ4n) is 5.46. The van der Waals surface area contributed by atoms with Gasteiger partial charge in [-0.25, -0.2) is 9.97 Å². The molecule has 214 valence electrons. The maximum atomic E-state index is 11.5. The average Bonchev–Trinajstić information content (AvgIpc) is 3.42. The number of aryl methyl sites for hydroxylation is 1. The quantitative estimate of drug-likeness (QED) is 0.205. The first-order valence-corrected chi connectivity index (χ1v) is 15.0. The third-order valence-electron chi connectivity index (χ3n) is 7.51. The number of hydrogen-bond donors (Lipinski definition) is 2. The molecular weight excluding hydrogens is 556 g/mol. The summed E-state index contributed by atoms with van der Waals surface area (Å²) in [5.74, 6) is 1.07. The van der Waals surface area contributed by atoms with Gasteiger partial charge in [0.1, 0.15) is 17.4 Å². The zero-order chi connectivity index (χ0) is 29.3. The lowest BCUT2D eigenvalue weighted by molar-refractivity contribution is -0.141. The molecule has 2 aromatic carbocycles. The van der Waals surface area contributed by atoms with Crippen LogP contribution in [0.25, 0.3) is 27.6 Å². The van der Waals surface area contributed by atoms with Crippen LogP contribution >= 0.6 is 22.9 Å². The highest BCUT2D eigenvalue weighted by Crippen LogP contribution is 2.40. The van der Waals surface area contributed by atoms with E-state index in [0.717, 1.165) is 56.3 Å². The molecule has 5 rings (SSSR count). The normalized spacial score (nSPS) is 16.1. The Labute approximate surface area is 249 Å². The van der Waals surface area contributed by atoms with Crippen LogP contribution in [0.1, 0.15) is 54.1 Å². The molecule has 0 spiro atoms. The van der Waals surface area contributed by atoms with Gasteiger partial charge in [0.05, 0.1) is 24.6 Å². The molecule has 7 nitrogen and oxygen atoms in total. The molecule has 0 radical (unpaired) electrons. The lowest BCUT2D eigenvalue weighted by atomic mass is 9.86. The molecule has 0 fully saturated rings. The van der Waals surface area contributed by atoms with Gasteiger partial charge in [-0.3, -0.25) is 4.79 Å². The highest BCUT2D eigenvalue weighted by molar-refractivity contribution is 7.10. The van der Waals surface area contributed by atoms with Gasteiger partial charge in [-0.05, 0) is 87.5 Å². The SMILES string of the molecule is COc1cc2nc(C)nc(NC(C)c3cc(-c4c(Cl)cccc4CN(C)C)cs3)c2cc1C1=CC[C@H](C(=O)O)CC1. The minimum absolute atomic E-state index is 0.0122. The number of benzene rings is 2. The number of halogens is 1. The maximum absolute atomic E-state index is 11.5. The van der Waals surface area contributed by atoms with E-state index in [9.17, 15) is 9.90 Å². The number of carboxylic acids is 1. The van der Waals surface area contributed by atoms with Crippen LogP contribution in [0, 0.1) is 12.8 Å². The molecule has 9 heteroatoms. The third kappa shape index (κ3) is 6.25. The number of carbonyl (C=O) groups is 1. The number of fused-ring (bicyclic) bond motifs is 1. The summed E-state index contributed by atoms with van der Waals surface area (Å²) >= 11 is 8.38. The third-order valence-corrected chi connectivity index (χ3v) is 8.94. The fraction of sp³-hybridized carbons (Fsp3) is 0.344. The second kappa shape index (κ2) is 12.2. The number of ether oxygens (including phenoxy) is 1. The molecule has 0 aliphatic heterocycles. The van der Waals surface area contributed by atoms with Gasteiger partial charge in [0.15, 0.2) is 0 Å². The number of nitrogens with zero attached hydrogens (tertiary/aromatic N) is 3. The molecule has 2 atom stereocenters. The average molecular weight is 591 g/mol. The van der Waals surface area contributed by atoms with E-state index in [1.54, 1.807) is 18.4 Å². The Morgan fingerprint density at radius 2 is 2.07 bits per heavy atom. The highest BCUT2D eigenvalue weighted by Gasteiger charge is 2.24. The first-order chi connectivity index (χ1) is 19.6. The number of hydrogen-bond acceptors (Lipinski definition) is 7. The fourth-order valence-corrected chi connectivity index (χ4v) is 6.67. The van der Waals surface area contributed by atoms with Crippen molar-refractivity contribution in [2.24, 2.45) is 5.92 Å². The Morgan fingerprint density at radius 1 is 1.27 bits per heavy atom. The standard InChI is InChI=1S/C32H35ClN4O3S/c1-18(29-13-23(17-41-29)30-22(16-37(3)4)7-6-8-26(30)33)34-31-25-14-24(20-9-11-21(12-10-20)32(38)39)28(40-5)15-27(25)35-19(2)36-31/h6-9,13-15,17-18,21H,10-12,16H2,1-5H3,(H,38,39)(H,34,35,36)/t18?,21-/m0/s1. The second-order valence-corrected chi connectivity index (χ2v) is 12.2. The van der Waals surface area contributed by atoms with Crippen LogP contribution in [0.4, 0.5) is 5.82 Å². The Balaban J connectivity index is 1.48. The minimum atomic E-state index is -0.740. The highest BCUT2D eigenvalue weighted by atomic mass is 35.5. The monoisotopic (exact) mass is 590 g/mol. The Kier molecular flexibility index (Phi) is 8.63. The van der Waals surface area contributed by atoms with Gasteiger partial charge in [0, 0.05) is 39.0 Å². The van der Waals surface area contributed by atoms with E-state index >= 15 is 0 Å². The maximum Gasteiger partial charge on any atom is 0.306 e. The Bertz CT molecular complexity index is 1630. The summed E-state index contributed by atoms with van der Waals surface area (Å²) in [4.78, 5) is 24.3. The number of allylic oxidation sites excluding steroid dienone is 2. The van der Waals surface area contributed by atoms with Crippen LogP contribution in [0.15, 0.2) is 47.9 Å². The van der Waals surface area contributed by atoms with Crippen molar-refractivity contribution in [3.8, 4) is 16.9 Å². The summed E-state index contributed by atoms with van der Waals surface area (Å²) < 4.78 is 5.75. The van der Waals surface area contributed by atoms with Gasteiger partial charge in [0.2, 0.25) is 0 Å². The lowest BCUT2D eigenvalue weighted by Crippen LogP contribution is -2.16. The molecule has 1 aliphatic rings. The molecule has 1 aliphatic carbocycles. The van der Waals surface area contributed by atoms with Crippen molar-refractivity contribution in [3.05, 3.63) is 74.7 Å². The summed E-state index contributed by atoms with van der Waals surface area (Å²) in [6, 6.07) is 12.3. The summed E-state index contributed by atoms with van der Waals surface area (Å²) in [5.41, 5.74) is 6.22. The van der Waals surface area contributed by atoms with Crippen LogP contribution in [-0.2, 0) is 11.3 Å². The van der Waals surface area contributed by atoms with Gasteiger partial charge in [-0.15, -0.1) is 11.3 Å². The summed E-state index contributed by atoms with van der Waals surface area (Å²) in [5, 5.41) is 16.9. The second-order valence-electron chi connectivity index (χ2n) is 10.8. The molecular formula is C32H35ClN4O3S. The smallest absolute Gasteiger partial charge is 0.306 e. The lowest BCUT2D eigenvalue weighted by Gasteiger charge is -2.21. The number of aromatic nitrogens is 2. The number of thiophene rings is 1. The number of aliphatic carboxylic acids is 1. The molecule has 4 aromatic rings. The van der Waals surface area contributed by atoms with Gasteiger partial charge in [-0.1, -0.05) is 29.8 Å². The van der Waals surface area contributed by atoms with E-state index in [1.807, 2.05) is 31.2 Å². The first kappa shape index (κ1) is 29.0. The molecule has 0 amide bonds. The van der Waals surface area contributed by atoms with Crippen LogP contribution < -0.4 is 10.1 Å². The molecule has 0 bridgehead atoms. The van der Waals surface area contributed by atoms with Gasteiger partial charge < -0.3 is 20.1 Å². The van der Waals surface area contributed by atoms with E-state index in [0.29, 0.717) is 25.1 Å². The minimum Gasteiger partial charge on any atom is -0.496 e.